The Balaban J connectivity index is 1.90. The predicted molar refractivity (Wildman–Crippen MR) is 117 cm³/mol. The van der Waals surface area contributed by atoms with Crippen LogP contribution < -0.4 is 20.1 Å². The van der Waals surface area contributed by atoms with Crippen molar-refractivity contribution in [2.75, 3.05) is 38.9 Å². The van der Waals surface area contributed by atoms with E-state index in [0.29, 0.717) is 34.4 Å². The molecule has 0 bridgehead atoms. The van der Waals surface area contributed by atoms with Crippen molar-refractivity contribution in [3.8, 4) is 11.5 Å². The van der Waals surface area contributed by atoms with Gasteiger partial charge in [-0.15, -0.1) is 0 Å². The number of hydrogen-bond acceptors (Lipinski definition) is 7. The van der Waals surface area contributed by atoms with Gasteiger partial charge in [0.1, 0.15) is 0 Å². The van der Waals surface area contributed by atoms with E-state index < -0.39 is 5.91 Å². The van der Waals surface area contributed by atoms with Crippen molar-refractivity contribution < 1.29 is 19.1 Å². The molecule has 0 fully saturated rings. The molecule has 1 aromatic heterocycles. The van der Waals surface area contributed by atoms with Crippen molar-refractivity contribution in [3.05, 3.63) is 66.0 Å². The molecule has 3 aromatic rings. The van der Waals surface area contributed by atoms with E-state index in [-0.39, 0.29) is 11.5 Å². The van der Waals surface area contributed by atoms with E-state index in [1.165, 1.54) is 19.1 Å². The summed E-state index contributed by atoms with van der Waals surface area (Å²) in [6, 6.07) is 11.7. The fourth-order valence-electron chi connectivity index (χ4n) is 2.83. The highest BCUT2D eigenvalue weighted by atomic mass is 16.5. The number of anilines is 3. The van der Waals surface area contributed by atoms with Gasteiger partial charge in [-0.05, 0) is 30.3 Å². The van der Waals surface area contributed by atoms with Crippen molar-refractivity contribution >= 4 is 29.1 Å². The molecule has 0 unspecified atom stereocenters. The molecule has 0 spiro atoms. The third kappa shape index (κ3) is 5.08. The van der Waals surface area contributed by atoms with Crippen LogP contribution in [0, 0.1) is 0 Å². The van der Waals surface area contributed by atoms with E-state index in [1.807, 2.05) is 0 Å². The normalized spacial score (nSPS) is 10.2. The Morgan fingerprint density at radius 1 is 0.935 bits per heavy atom. The third-order valence-corrected chi connectivity index (χ3v) is 4.36. The largest absolute Gasteiger partial charge is 0.493 e. The van der Waals surface area contributed by atoms with Gasteiger partial charge < -0.3 is 25.0 Å². The van der Waals surface area contributed by atoms with E-state index in [0.717, 1.165) is 0 Å². The summed E-state index contributed by atoms with van der Waals surface area (Å²) >= 11 is 0. The summed E-state index contributed by atoms with van der Waals surface area (Å²) in [6.45, 7) is 0. The standard InChI is InChI=1S/C22H23N5O4/c1-27(2)21(29)16-12-18(30-3)19(31-4)13-17(16)26-20(28)14-7-5-8-15(11-14)25-22-23-9-6-10-24-22/h5-13H,1-4H3,(H,26,28)(H,23,24,25). The molecule has 9 nitrogen and oxygen atoms in total. The highest BCUT2D eigenvalue weighted by Gasteiger charge is 2.20. The first-order chi connectivity index (χ1) is 14.9. The molecule has 160 valence electrons. The minimum Gasteiger partial charge on any atom is -0.493 e. The van der Waals surface area contributed by atoms with Gasteiger partial charge in [-0.25, -0.2) is 9.97 Å². The lowest BCUT2D eigenvalue weighted by atomic mass is 10.1. The van der Waals surface area contributed by atoms with Gasteiger partial charge in [0.05, 0.1) is 25.5 Å². The Bertz CT molecular complexity index is 1090. The SMILES string of the molecule is COc1cc(NC(=O)c2cccc(Nc3ncccn3)c2)c(C(=O)N(C)C)cc1OC. The van der Waals surface area contributed by atoms with Crippen molar-refractivity contribution in [2.24, 2.45) is 0 Å². The van der Waals surface area contributed by atoms with E-state index in [2.05, 4.69) is 20.6 Å². The molecular formula is C22H23N5O4. The number of rotatable bonds is 7. The van der Waals surface area contributed by atoms with Gasteiger partial charge in [-0.3, -0.25) is 9.59 Å². The monoisotopic (exact) mass is 421 g/mol. The topological polar surface area (TPSA) is 106 Å². The first-order valence-electron chi connectivity index (χ1n) is 9.36. The Hall–Kier alpha value is -4.14. The van der Waals surface area contributed by atoms with Gasteiger partial charge in [0.15, 0.2) is 11.5 Å². The summed E-state index contributed by atoms with van der Waals surface area (Å²) in [4.78, 5) is 35.2. The predicted octanol–water partition coefficient (Wildman–Crippen LogP) is 3.19. The van der Waals surface area contributed by atoms with E-state index in [9.17, 15) is 9.59 Å². The summed E-state index contributed by atoms with van der Waals surface area (Å²) in [5.41, 5.74) is 1.63. The van der Waals surface area contributed by atoms with Gasteiger partial charge in [0.25, 0.3) is 11.8 Å². The minimum absolute atomic E-state index is 0.281. The minimum atomic E-state index is -0.391. The first kappa shape index (κ1) is 21.6. The number of nitrogens with zero attached hydrogens (tertiary/aromatic N) is 3. The number of benzene rings is 2. The first-order valence-corrected chi connectivity index (χ1v) is 9.36. The number of nitrogens with one attached hydrogen (secondary N) is 2. The summed E-state index contributed by atoms with van der Waals surface area (Å²) in [7, 11) is 6.23. The van der Waals surface area contributed by atoms with Crippen molar-refractivity contribution in [2.45, 2.75) is 0 Å². The number of aromatic nitrogens is 2. The maximum atomic E-state index is 13.0. The number of amides is 2. The van der Waals surface area contributed by atoms with Crippen LogP contribution in [-0.4, -0.2) is 55.0 Å². The van der Waals surface area contributed by atoms with E-state index in [4.69, 9.17) is 9.47 Å². The highest BCUT2D eigenvalue weighted by Crippen LogP contribution is 2.34. The van der Waals surface area contributed by atoms with Gasteiger partial charge in [-0.2, -0.15) is 0 Å². The zero-order valence-electron chi connectivity index (χ0n) is 17.7. The molecule has 1 heterocycles. The van der Waals surface area contributed by atoms with E-state index in [1.54, 1.807) is 69.0 Å². The lowest BCUT2D eigenvalue weighted by Gasteiger charge is -2.18. The molecule has 0 saturated carbocycles. The van der Waals surface area contributed by atoms with Crippen LogP contribution in [0.3, 0.4) is 0 Å². The van der Waals surface area contributed by atoms with Crippen molar-refractivity contribution in [1.82, 2.24) is 14.9 Å². The fraction of sp³-hybridized carbons (Fsp3) is 0.182. The molecule has 0 aliphatic heterocycles. The van der Waals surface area contributed by atoms with Crippen LogP contribution in [-0.2, 0) is 0 Å². The van der Waals surface area contributed by atoms with Crippen LogP contribution in [0.5, 0.6) is 11.5 Å². The number of carbonyl (C=O) groups excluding carboxylic acids is 2. The average molecular weight is 421 g/mol. The number of methoxy groups -OCH3 is 2. The second-order valence-electron chi connectivity index (χ2n) is 6.68. The van der Waals surface area contributed by atoms with Crippen LogP contribution in [0.2, 0.25) is 0 Å². The molecule has 2 N–H and O–H groups in total. The molecule has 31 heavy (non-hydrogen) atoms. The van der Waals surface area contributed by atoms with Crippen molar-refractivity contribution in [1.29, 1.82) is 0 Å². The second kappa shape index (κ2) is 9.57. The van der Waals surface area contributed by atoms with Crippen LogP contribution in [0.15, 0.2) is 54.9 Å². The quantitative estimate of drug-likeness (QED) is 0.603. The lowest BCUT2D eigenvalue weighted by molar-refractivity contribution is 0.0828. The number of ether oxygens (including phenoxy) is 2. The Morgan fingerprint density at radius 3 is 2.26 bits per heavy atom. The number of hydrogen-bond donors (Lipinski definition) is 2. The van der Waals surface area contributed by atoms with Gasteiger partial charge in [0.2, 0.25) is 5.95 Å². The molecule has 0 aliphatic carbocycles. The zero-order chi connectivity index (χ0) is 22.4. The van der Waals surface area contributed by atoms with Gasteiger partial charge in [0, 0.05) is 43.8 Å². The maximum absolute atomic E-state index is 13.0. The fourth-order valence-corrected chi connectivity index (χ4v) is 2.83. The molecule has 0 atom stereocenters. The van der Waals surface area contributed by atoms with Crippen LogP contribution in [0.25, 0.3) is 0 Å². The summed E-state index contributed by atoms with van der Waals surface area (Å²) < 4.78 is 10.6. The van der Waals surface area contributed by atoms with Crippen LogP contribution in [0.1, 0.15) is 20.7 Å². The number of carbonyl (C=O) groups is 2. The van der Waals surface area contributed by atoms with E-state index >= 15 is 0 Å². The molecular weight excluding hydrogens is 398 g/mol. The maximum Gasteiger partial charge on any atom is 0.255 e. The van der Waals surface area contributed by atoms with Crippen LogP contribution >= 0.6 is 0 Å². The molecule has 0 aliphatic rings. The average Bonchev–Trinajstić information content (AvgIpc) is 2.79. The zero-order valence-corrected chi connectivity index (χ0v) is 17.7. The van der Waals surface area contributed by atoms with Gasteiger partial charge in [-0.1, -0.05) is 6.07 Å². The Kier molecular flexibility index (Phi) is 6.66. The smallest absolute Gasteiger partial charge is 0.255 e. The molecule has 3 rings (SSSR count). The molecule has 0 radical (unpaired) electrons. The second-order valence-corrected chi connectivity index (χ2v) is 6.68. The molecule has 0 saturated heterocycles. The summed E-state index contributed by atoms with van der Waals surface area (Å²) in [6.07, 6.45) is 3.23. The van der Waals surface area contributed by atoms with Crippen molar-refractivity contribution in [3.63, 3.8) is 0 Å². The summed E-state index contributed by atoms with van der Waals surface area (Å²) in [5.74, 6) is 0.522. The Morgan fingerprint density at radius 2 is 1.61 bits per heavy atom. The molecule has 2 amide bonds. The lowest BCUT2D eigenvalue weighted by Crippen LogP contribution is -2.24. The highest BCUT2D eigenvalue weighted by molar-refractivity contribution is 6.09. The third-order valence-electron chi connectivity index (χ3n) is 4.36. The summed E-state index contributed by atoms with van der Waals surface area (Å²) in [5, 5.41) is 5.84. The van der Waals surface area contributed by atoms with Gasteiger partial charge >= 0.3 is 0 Å². The molecule has 2 aromatic carbocycles. The molecule has 9 heteroatoms. The Labute approximate surface area is 180 Å². The van der Waals surface area contributed by atoms with Crippen LogP contribution in [0.4, 0.5) is 17.3 Å².